The van der Waals surface area contributed by atoms with Crippen molar-refractivity contribution in [3.8, 4) is 0 Å². The van der Waals surface area contributed by atoms with Gasteiger partial charge < -0.3 is 16.4 Å². The number of guanidine groups is 1. The Hall–Kier alpha value is -4.78. The Kier molecular flexibility index (Phi) is 22.6. The molecule has 75 heavy (non-hydrogen) atoms. The van der Waals surface area contributed by atoms with Crippen LogP contribution in [0.5, 0.6) is 0 Å². The van der Waals surface area contributed by atoms with Gasteiger partial charge in [-0.2, -0.15) is 10.2 Å². The fraction of sp³-hybridized carbons (Fsp3) is 0.130. The number of rotatable bonds is 10. The van der Waals surface area contributed by atoms with E-state index in [1.807, 2.05) is 152 Å². The number of nitrogens with zero attached hydrogens (tertiary/aromatic N) is 5. The summed E-state index contributed by atoms with van der Waals surface area (Å²) in [5.41, 5.74) is 13.3. The molecule has 0 spiro atoms. The normalized spacial score (nSPS) is 15.5. The quantitative estimate of drug-likeness (QED) is 0.0716. The van der Waals surface area contributed by atoms with Crippen molar-refractivity contribution in [3.05, 3.63) is 247 Å². The number of hydrogen-bond donors (Lipinski definition) is 3. The van der Waals surface area contributed by atoms with Crippen LogP contribution in [0.15, 0.2) is 203 Å². The molecule has 7 aromatic rings. The van der Waals surface area contributed by atoms with Crippen LogP contribution in [0.3, 0.4) is 0 Å². The molecule has 9 rings (SSSR count). The van der Waals surface area contributed by atoms with Crippen LogP contribution in [0, 0.1) is 0 Å². The maximum absolute atomic E-state index is 12.8. The minimum Gasteiger partial charge on any atom is -0.368 e. The largest absolute Gasteiger partial charge is 0.368 e. The molecule has 2 atom stereocenters. The third kappa shape index (κ3) is 20.9. The predicted octanol–water partition coefficient (Wildman–Crippen LogP) is 16.8. The van der Waals surface area contributed by atoms with E-state index in [1.165, 1.54) is 5.01 Å². The first-order valence-electron chi connectivity index (χ1n) is 22.7. The topological polar surface area (TPSA) is 128 Å². The second-order valence-corrected chi connectivity index (χ2v) is 35.2. The molecule has 0 saturated carbocycles. The van der Waals surface area contributed by atoms with Crippen molar-refractivity contribution in [2.75, 3.05) is 19.6 Å². The van der Waals surface area contributed by atoms with Gasteiger partial charge in [-0.3, -0.25) is 4.79 Å². The number of carbonyl (C=O) groups excluding carboxylic acids is 2. The van der Waals surface area contributed by atoms with E-state index in [0.717, 1.165) is 49.8 Å². The standard InChI is InChI=1S/C25H23Cl2N5O.C23H19Cl2N3O.C6H5Cl.Cl5P/c26-20-10-6-17(7-11-20)14-29-25(30-15-23(28)33)32-16-22(18-4-2-1-3-5-18)24(31-32)19-8-12-21(27)13-9-19;24-19-10-6-16(7-11-19)14-26-23(29)28-15-21(17-4-2-1-3-5-17)22(27-28)18-8-12-20(25)13-9-18;7-6-4-2-1-3-5-6;1-6(2,3,4)5/h1-13,22H,14-16H2,(H2,28,33)(H,29,30);1-13,21H,14-15H2,(H,26,29);1-5H;. The number of urea groups is 1. The van der Waals surface area contributed by atoms with Gasteiger partial charge in [0.1, 0.15) is 0 Å². The van der Waals surface area contributed by atoms with E-state index in [0.29, 0.717) is 52.2 Å². The van der Waals surface area contributed by atoms with Crippen LogP contribution in [0.4, 0.5) is 4.79 Å². The maximum atomic E-state index is 12.8. The second kappa shape index (κ2) is 28.6. The maximum Gasteiger partial charge on any atom is 0.338 e. The average Bonchev–Trinajstić information content (AvgIpc) is 4.04. The van der Waals surface area contributed by atoms with Gasteiger partial charge in [-0.25, -0.2) is 19.8 Å². The van der Waals surface area contributed by atoms with Crippen molar-refractivity contribution in [1.82, 2.24) is 20.7 Å². The Labute approximate surface area is 485 Å². The van der Waals surface area contributed by atoms with E-state index >= 15 is 0 Å². The van der Waals surface area contributed by atoms with Gasteiger partial charge in [-0.15, -0.1) is 0 Å². The average molecular weight is 1230 g/mol. The monoisotopic (exact) mass is 1220 g/mol. The molecule has 0 aliphatic carbocycles. The van der Waals surface area contributed by atoms with Crippen LogP contribution in [-0.4, -0.2) is 59.0 Å². The number of nitrogens with two attached hydrogens (primary N) is 1. The van der Waals surface area contributed by atoms with Crippen molar-refractivity contribution < 1.29 is 9.59 Å². The summed E-state index contributed by atoms with van der Waals surface area (Å²) in [5.74, 6) is 0.0192. The van der Waals surface area contributed by atoms with Crippen molar-refractivity contribution in [1.29, 1.82) is 0 Å². The van der Waals surface area contributed by atoms with Gasteiger partial charge in [0.2, 0.25) is 11.9 Å². The third-order valence-corrected chi connectivity index (χ3v) is 12.1. The molecule has 2 aliphatic rings. The number of amides is 3. The fourth-order valence-corrected chi connectivity index (χ4v) is 8.00. The fourth-order valence-electron chi connectivity index (χ4n) is 7.36. The zero-order chi connectivity index (χ0) is 54.0. The van der Waals surface area contributed by atoms with Gasteiger partial charge in [0, 0.05) is 43.5 Å². The SMILES string of the molecule is ClP(Cl)(Cl)(Cl)Cl.Clc1ccccc1.NC(=O)CNC(=NCc1ccc(Cl)cc1)N1CC(c2ccccc2)C(c2ccc(Cl)cc2)=N1.O=C(NCc1ccc(Cl)cc1)N1CC(c2ccccc2)C(c2ccc(Cl)cc2)=N1. The molecule has 21 heteroatoms. The first-order chi connectivity index (χ1) is 35.7. The molecule has 0 fully saturated rings. The zero-order valence-electron chi connectivity index (χ0n) is 39.4. The molecule has 3 amide bonds. The Balaban J connectivity index is 0.000000198. The Morgan fingerprint density at radius 3 is 1.27 bits per heavy atom. The summed E-state index contributed by atoms with van der Waals surface area (Å²) in [4.78, 5) is 28.9. The van der Waals surface area contributed by atoms with Gasteiger partial charge in [0.05, 0.1) is 37.6 Å². The number of aliphatic imine (C=N–C) groups is 1. The molecule has 10 nitrogen and oxygen atoms in total. The molecular weight excluding hydrogens is 1180 g/mol. The number of carbonyl (C=O) groups is 2. The van der Waals surface area contributed by atoms with Crippen LogP contribution >= 0.6 is 118 Å². The van der Waals surface area contributed by atoms with E-state index in [2.05, 4.69) is 40.0 Å². The molecule has 4 N–H and O–H groups in total. The van der Waals surface area contributed by atoms with Crippen LogP contribution in [0.2, 0.25) is 25.1 Å². The molecule has 0 aromatic heterocycles. The predicted molar refractivity (Wildman–Crippen MR) is 319 cm³/mol. The summed E-state index contributed by atoms with van der Waals surface area (Å²) >= 11 is 54.5. The van der Waals surface area contributed by atoms with Gasteiger partial charge in [-0.05, 0) is 94.0 Å². The number of benzene rings is 7. The first-order valence-corrected chi connectivity index (χ1v) is 31.4. The number of halogens is 10. The smallest absolute Gasteiger partial charge is 0.338 e. The van der Waals surface area contributed by atoms with Gasteiger partial charge in [0.25, 0.3) is 0 Å². The minimum atomic E-state index is -3.69. The van der Waals surface area contributed by atoms with Crippen molar-refractivity contribution in [2.24, 2.45) is 20.9 Å². The van der Waals surface area contributed by atoms with E-state index in [-0.39, 0.29) is 24.4 Å². The van der Waals surface area contributed by atoms with E-state index in [1.54, 1.807) is 17.1 Å². The summed E-state index contributed by atoms with van der Waals surface area (Å²) in [5, 5.41) is 22.3. The van der Waals surface area contributed by atoms with Crippen molar-refractivity contribution in [3.63, 3.8) is 0 Å². The van der Waals surface area contributed by atoms with Crippen LogP contribution < -0.4 is 16.4 Å². The molecule has 7 aromatic carbocycles. The zero-order valence-corrected chi connectivity index (χ0v) is 47.9. The Morgan fingerprint density at radius 2 is 0.867 bits per heavy atom. The van der Waals surface area contributed by atoms with Gasteiger partial charge in [0.15, 0.2) is 0 Å². The van der Waals surface area contributed by atoms with E-state index in [9.17, 15) is 9.59 Å². The summed E-state index contributed by atoms with van der Waals surface area (Å²) in [6, 6.07) is 59.5. The molecule has 0 radical (unpaired) electrons. The molecular formula is C54H47Cl10N8O2P. The Bertz CT molecular complexity index is 3030. The molecule has 2 heterocycles. The summed E-state index contributed by atoms with van der Waals surface area (Å²) in [6.07, 6.45) is 0. The number of nitrogens with one attached hydrogen (secondary N) is 2. The van der Waals surface area contributed by atoms with Crippen LogP contribution in [0.25, 0.3) is 0 Å². The Morgan fingerprint density at radius 1 is 0.507 bits per heavy atom. The third-order valence-electron chi connectivity index (χ3n) is 10.8. The number of hydrogen-bond acceptors (Lipinski definition) is 5. The van der Waals surface area contributed by atoms with E-state index < -0.39 is 9.27 Å². The van der Waals surface area contributed by atoms with Crippen LogP contribution in [0.1, 0.15) is 45.2 Å². The van der Waals surface area contributed by atoms with Crippen LogP contribution in [-0.2, 0) is 17.9 Å². The summed E-state index contributed by atoms with van der Waals surface area (Å²) in [6.45, 7) is 1.81. The molecule has 0 saturated heterocycles. The van der Waals surface area contributed by atoms with Crippen molar-refractivity contribution in [2.45, 2.75) is 24.9 Å². The van der Waals surface area contributed by atoms with Gasteiger partial charge >= 0.3 is 65.6 Å². The molecule has 2 unspecified atom stereocenters. The minimum absolute atomic E-state index is 0.00124. The number of primary amides is 1. The van der Waals surface area contributed by atoms with Crippen molar-refractivity contribution >= 4 is 147 Å². The molecule has 2 aliphatic heterocycles. The number of hydrazone groups is 2. The summed E-state index contributed by atoms with van der Waals surface area (Å²) in [7, 11) is 0. The second-order valence-electron chi connectivity index (χ2n) is 16.4. The van der Waals surface area contributed by atoms with E-state index in [4.69, 9.17) is 130 Å². The first kappa shape index (κ1) is 59.5. The van der Waals surface area contributed by atoms with Gasteiger partial charge in [-0.1, -0.05) is 185 Å². The molecule has 390 valence electrons. The molecule has 0 bridgehead atoms. The summed E-state index contributed by atoms with van der Waals surface area (Å²) < 4.78 is -3.69.